The van der Waals surface area contributed by atoms with E-state index in [-0.39, 0.29) is 18.9 Å². The number of aliphatic hydroxyl groups is 2. The zero-order chi connectivity index (χ0) is 10.4. The lowest BCUT2D eigenvalue weighted by Gasteiger charge is -2.17. The lowest BCUT2D eigenvalue weighted by atomic mass is 10.0. The van der Waals surface area contributed by atoms with Crippen LogP contribution in [0.3, 0.4) is 0 Å². The van der Waals surface area contributed by atoms with Gasteiger partial charge in [-0.05, 0) is 5.92 Å². The second kappa shape index (κ2) is 5.90. The first-order valence-electron chi connectivity index (χ1n) is 4.27. The Morgan fingerprint density at radius 2 is 1.92 bits per heavy atom. The molecule has 0 unspecified atom stereocenters. The van der Waals surface area contributed by atoms with Crippen LogP contribution in [0.5, 0.6) is 0 Å². The summed E-state index contributed by atoms with van der Waals surface area (Å²) in [6.07, 6.45) is -1.25. The number of hydrogen-bond donors (Lipinski definition) is 4. The number of aliphatic carboxylic acids is 1. The van der Waals surface area contributed by atoms with Crippen LogP contribution in [-0.2, 0) is 4.79 Å². The molecule has 0 aromatic carbocycles. The van der Waals surface area contributed by atoms with Gasteiger partial charge in [0.2, 0.25) is 0 Å². The molecule has 0 heterocycles. The molecule has 0 aliphatic heterocycles. The van der Waals surface area contributed by atoms with Crippen LogP contribution in [0.4, 0.5) is 0 Å². The third-order valence-electron chi connectivity index (χ3n) is 1.70. The highest BCUT2D eigenvalue weighted by molar-refractivity contribution is 5.73. The van der Waals surface area contributed by atoms with Crippen LogP contribution in [0.2, 0.25) is 0 Å². The number of carboxylic acid groups (broad SMARTS) is 1. The molecule has 5 heteroatoms. The minimum Gasteiger partial charge on any atom is -0.480 e. The van der Waals surface area contributed by atoms with Crippen LogP contribution in [0.15, 0.2) is 0 Å². The summed E-state index contributed by atoms with van der Waals surface area (Å²) in [6.45, 7) is 3.87. The summed E-state index contributed by atoms with van der Waals surface area (Å²) in [4.78, 5) is 10.6. The Bertz CT molecular complexity index is 158. The number of aliphatic hydroxyl groups excluding tert-OH is 1. The van der Waals surface area contributed by atoms with Crippen molar-refractivity contribution in [2.24, 2.45) is 5.92 Å². The third-order valence-corrected chi connectivity index (χ3v) is 1.70. The fourth-order valence-electron chi connectivity index (χ4n) is 0.976. The zero-order valence-electron chi connectivity index (χ0n) is 7.90. The molecule has 0 aromatic rings. The summed E-state index contributed by atoms with van der Waals surface area (Å²) in [7, 11) is 0. The van der Waals surface area contributed by atoms with Gasteiger partial charge < -0.3 is 20.6 Å². The lowest BCUT2D eigenvalue weighted by Crippen LogP contribution is -2.42. The molecule has 0 spiro atoms. The summed E-state index contributed by atoms with van der Waals surface area (Å²) in [5.41, 5.74) is 0. The molecule has 0 bridgehead atoms. The van der Waals surface area contributed by atoms with Crippen molar-refractivity contribution in [1.82, 2.24) is 5.32 Å². The van der Waals surface area contributed by atoms with Crippen molar-refractivity contribution < 1.29 is 20.1 Å². The summed E-state index contributed by atoms with van der Waals surface area (Å²) >= 11 is 0. The largest absolute Gasteiger partial charge is 0.480 e. The topological polar surface area (TPSA) is 89.8 Å². The molecule has 0 fully saturated rings. The maximum atomic E-state index is 10.6. The molecule has 5 nitrogen and oxygen atoms in total. The van der Waals surface area contributed by atoms with E-state index in [1.807, 2.05) is 0 Å². The monoisotopic (exact) mass is 191 g/mol. The van der Waals surface area contributed by atoms with Gasteiger partial charge in [0.15, 0.2) is 6.29 Å². The van der Waals surface area contributed by atoms with Crippen molar-refractivity contribution in [2.75, 3.05) is 6.54 Å². The molecule has 0 aromatic heterocycles. The van der Waals surface area contributed by atoms with E-state index in [2.05, 4.69) is 5.32 Å². The first-order valence-corrected chi connectivity index (χ1v) is 4.27. The second-order valence-corrected chi connectivity index (χ2v) is 3.28. The lowest BCUT2D eigenvalue weighted by molar-refractivity contribution is -0.140. The van der Waals surface area contributed by atoms with Crippen molar-refractivity contribution >= 4 is 5.97 Å². The molecule has 13 heavy (non-hydrogen) atoms. The average molecular weight is 191 g/mol. The van der Waals surface area contributed by atoms with Crippen molar-refractivity contribution in [1.29, 1.82) is 0 Å². The van der Waals surface area contributed by atoms with E-state index >= 15 is 0 Å². The standard InChI is InChI=1S/C8H17NO4/c1-5(2)7(8(12)13)9-4-3-6(10)11/h5-7,9-11H,3-4H2,1-2H3,(H,12,13)/t7-/m0/s1. The van der Waals surface area contributed by atoms with Crippen molar-refractivity contribution in [3.05, 3.63) is 0 Å². The molecule has 0 rings (SSSR count). The van der Waals surface area contributed by atoms with Crippen molar-refractivity contribution in [3.8, 4) is 0 Å². The maximum absolute atomic E-state index is 10.6. The fraction of sp³-hybridized carbons (Fsp3) is 0.875. The molecule has 0 saturated heterocycles. The molecule has 0 saturated carbocycles. The van der Waals surface area contributed by atoms with E-state index < -0.39 is 18.3 Å². The van der Waals surface area contributed by atoms with E-state index in [1.165, 1.54) is 0 Å². The molecule has 4 N–H and O–H groups in total. The molecular weight excluding hydrogens is 174 g/mol. The highest BCUT2D eigenvalue weighted by Crippen LogP contribution is 2.01. The minimum absolute atomic E-state index is 0.0201. The van der Waals surface area contributed by atoms with Gasteiger partial charge in [-0.15, -0.1) is 0 Å². The van der Waals surface area contributed by atoms with Crippen LogP contribution >= 0.6 is 0 Å². The van der Waals surface area contributed by atoms with E-state index in [0.29, 0.717) is 0 Å². The van der Waals surface area contributed by atoms with Crippen LogP contribution in [0, 0.1) is 5.92 Å². The Morgan fingerprint density at radius 3 is 2.23 bits per heavy atom. The quantitative estimate of drug-likeness (QED) is 0.420. The van der Waals surface area contributed by atoms with Gasteiger partial charge in [0.25, 0.3) is 0 Å². The fourth-order valence-corrected chi connectivity index (χ4v) is 0.976. The van der Waals surface area contributed by atoms with Gasteiger partial charge in [0.1, 0.15) is 6.04 Å². The number of rotatable bonds is 6. The first-order chi connectivity index (χ1) is 5.95. The Balaban J connectivity index is 3.77. The minimum atomic E-state index is -1.38. The van der Waals surface area contributed by atoms with Crippen LogP contribution in [0.1, 0.15) is 20.3 Å². The Labute approximate surface area is 77.4 Å². The molecule has 0 amide bonds. The van der Waals surface area contributed by atoms with E-state index in [4.69, 9.17) is 15.3 Å². The van der Waals surface area contributed by atoms with E-state index in [1.54, 1.807) is 13.8 Å². The summed E-state index contributed by atoms with van der Waals surface area (Å²) in [5, 5.41) is 28.5. The highest BCUT2D eigenvalue weighted by Gasteiger charge is 2.20. The summed E-state index contributed by atoms with van der Waals surface area (Å²) < 4.78 is 0. The van der Waals surface area contributed by atoms with Crippen LogP contribution in [0.25, 0.3) is 0 Å². The Hall–Kier alpha value is -0.650. The second-order valence-electron chi connectivity index (χ2n) is 3.28. The van der Waals surface area contributed by atoms with Crippen molar-refractivity contribution in [3.63, 3.8) is 0 Å². The highest BCUT2D eigenvalue weighted by atomic mass is 16.5. The van der Waals surface area contributed by atoms with Gasteiger partial charge in [-0.2, -0.15) is 0 Å². The maximum Gasteiger partial charge on any atom is 0.320 e. The molecule has 78 valence electrons. The SMILES string of the molecule is CC(C)[C@H](NCCC(O)O)C(=O)O. The van der Waals surface area contributed by atoms with E-state index in [9.17, 15) is 4.79 Å². The number of carboxylic acids is 1. The smallest absolute Gasteiger partial charge is 0.320 e. The first kappa shape index (κ1) is 12.3. The molecule has 0 radical (unpaired) electrons. The van der Waals surface area contributed by atoms with Crippen LogP contribution in [-0.4, -0.2) is 40.2 Å². The van der Waals surface area contributed by atoms with Gasteiger partial charge in [-0.1, -0.05) is 13.8 Å². The summed E-state index contributed by atoms with van der Waals surface area (Å²) in [5.74, 6) is -0.934. The zero-order valence-corrected chi connectivity index (χ0v) is 7.90. The molecule has 0 aliphatic carbocycles. The number of nitrogens with one attached hydrogen (secondary N) is 1. The van der Waals surface area contributed by atoms with Crippen LogP contribution < -0.4 is 5.32 Å². The predicted molar refractivity (Wildman–Crippen MR) is 47.1 cm³/mol. The summed E-state index contributed by atoms with van der Waals surface area (Å²) in [6, 6.07) is -0.626. The normalized spacial score (nSPS) is 13.7. The average Bonchev–Trinajstić information content (AvgIpc) is 1.95. The molecule has 0 aliphatic rings. The number of hydrogen-bond acceptors (Lipinski definition) is 4. The number of carbonyl (C=O) groups is 1. The third kappa shape index (κ3) is 5.57. The predicted octanol–water partition coefficient (Wildman–Crippen LogP) is -0.614. The van der Waals surface area contributed by atoms with E-state index in [0.717, 1.165) is 0 Å². The van der Waals surface area contributed by atoms with Gasteiger partial charge >= 0.3 is 5.97 Å². The molecular formula is C8H17NO4. The van der Waals surface area contributed by atoms with Crippen molar-refractivity contribution in [2.45, 2.75) is 32.6 Å². The van der Waals surface area contributed by atoms with Gasteiger partial charge in [0.05, 0.1) is 0 Å². The Kier molecular flexibility index (Phi) is 5.61. The molecule has 1 atom stereocenters. The Morgan fingerprint density at radius 1 is 1.38 bits per heavy atom. The van der Waals surface area contributed by atoms with Gasteiger partial charge in [-0.25, -0.2) is 0 Å². The van der Waals surface area contributed by atoms with Gasteiger partial charge in [0, 0.05) is 13.0 Å². The van der Waals surface area contributed by atoms with Gasteiger partial charge in [-0.3, -0.25) is 4.79 Å².